The fourth-order valence-corrected chi connectivity index (χ4v) is 2.50. The van der Waals surface area contributed by atoms with Crippen molar-refractivity contribution in [3.05, 3.63) is 51.5 Å². The molecule has 0 saturated carbocycles. The molecule has 1 atom stereocenters. The van der Waals surface area contributed by atoms with Crippen molar-refractivity contribution in [1.29, 1.82) is 0 Å². The van der Waals surface area contributed by atoms with Gasteiger partial charge in [-0.3, -0.25) is 0 Å². The maximum atomic E-state index is 4.45. The molecule has 2 aromatic rings. The molecule has 1 heterocycles. The van der Waals surface area contributed by atoms with Crippen LogP contribution in [0.2, 0.25) is 0 Å². The molecule has 0 radical (unpaired) electrons. The molecule has 0 bridgehead atoms. The summed E-state index contributed by atoms with van der Waals surface area (Å²) in [4.78, 5) is 4.45. The molecule has 0 spiro atoms. The summed E-state index contributed by atoms with van der Waals surface area (Å²) in [5, 5.41) is 6.75. The maximum absolute atomic E-state index is 4.45. The summed E-state index contributed by atoms with van der Waals surface area (Å²) in [6, 6.07) is 8.98. The molecule has 90 valence electrons. The molecule has 1 N–H and O–H groups in total. The van der Waals surface area contributed by atoms with Gasteiger partial charge in [0.25, 0.3) is 0 Å². The molecule has 2 nitrogen and oxygen atoms in total. The van der Waals surface area contributed by atoms with Crippen LogP contribution < -0.4 is 5.32 Å². The Morgan fingerprint density at radius 2 is 2.18 bits per heavy atom. The van der Waals surface area contributed by atoms with E-state index < -0.39 is 0 Å². The number of benzene rings is 1. The lowest BCUT2D eigenvalue weighted by Crippen LogP contribution is -2.18. The first-order chi connectivity index (χ1) is 8.15. The lowest BCUT2D eigenvalue weighted by atomic mass is 10.1. The van der Waals surface area contributed by atoms with Crippen LogP contribution in [0.25, 0.3) is 0 Å². The Labute approximate surface area is 107 Å². The Morgan fingerprint density at radius 1 is 1.35 bits per heavy atom. The van der Waals surface area contributed by atoms with Gasteiger partial charge in [0, 0.05) is 23.7 Å². The fraction of sp³-hybridized carbons (Fsp3) is 0.357. The maximum Gasteiger partial charge on any atom is 0.107 e. The normalized spacial score (nSPS) is 12.6. The molecule has 0 unspecified atom stereocenters. The fourth-order valence-electron chi connectivity index (χ4n) is 1.78. The van der Waals surface area contributed by atoms with Gasteiger partial charge >= 0.3 is 0 Å². The third-order valence-corrected chi connectivity index (χ3v) is 3.73. The van der Waals surface area contributed by atoms with Crippen LogP contribution in [0, 0.1) is 13.8 Å². The molecule has 0 aliphatic heterocycles. The highest BCUT2D eigenvalue weighted by Crippen LogP contribution is 2.15. The first-order valence-corrected chi connectivity index (χ1v) is 6.74. The molecule has 17 heavy (non-hydrogen) atoms. The zero-order valence-electron chi connectivity index (χ0n) is 10.5. The third kappa shape index (κ3) is 3.38. The van der Waals surface area contributed by atoms with Crippen LogP contribution in [0.5, 0.6) is 0 Å². The zero-order chi connectivity index (χ0) is 12.3. The minimum absolute atomic E-state index is 0.360. The van der Waals surface area contributed by atoms with Crippen molar-refractivity contribution in [2.24, 2.45) is 0 Å². The summed E-state index contributed by atoms with van der Waals surface area (Å²) >= 11 is 1.72. The molecule has 1 aromatic heterocycles. The van der Waals surface area contributed by atoms with Gasteiger partial charge < -0.3 is 5.32 Å². The Morgan fingerprint density at radius 3 is 2.82 bits per heavy atom. The summed E-state index contributed by atoms with van der Waals surface area (Å²) in [5.74, 6) is 0. The van der Waals surface area contributed by atoms with Gasteiger partial charge in [-0.1, -0.05) is 29.8 Å². The number of thiazole rings is 1. The van der Waals surface area contributed by atoms with Crippen LogP contribution in [0.4, 0.5) is 0 Å². The number of rotatable bonds is 4. The first-order valence-electron chi connectivity index (χ1n) is 5.86. The monoisotopic (exact) mass is 246 g/mol. The summed E-state index contributed by atoms with van der Waals surface area (Å²) in [5.41, 5.74) is 3.74. The highest BCUT2D eigenvalue weighted by Gasteiger charge is 2.06. The van der Waals surface area contributed by atoms with Crippen molar-refractivity contribution in [2.45, 2.75) is 33.4 Å². The van der Waals surface area contributed by atoms with E-state index in [1.54, 1.807) is 11.3 Å². The van der Waals surface area contributed by atoms with E-state index in [4.69, 9.17) is 0 Å². The zero-order valence-corrected chi connectivity index (χ0v) is 11.3. The van der Waals surface area contributed by atoms with Crippen LogP contribution in [-0.2, 0) is 6.54 Å². The van der Waals surface area contributed by atoms with Crippen LogP contribution in [0.3, 0.4) is 0 Å². The Kier molecular flexibility index (Phi) is 3.92. The smallest absolute Gasteiger partial charge is 0.107 e. The quantitative estimate of drug-likeness (QED) is 0.891. The number of nitrogens with one attached hydrogen (secondary N) is 1. The van der Waals surface area contributed by atoms with Crippen LogP contribution in [0.15, 0.2) is 29.6 Å². The van der Waals surface area contributed by atoms with Gasteiger partial charge in [-0.15, -0.1) is 11.3 Å². The van der Waals surface area contributed by atoms with E-state index in [0.29, 0.717) is 6.04 Å². The van der Waals surface area contributed by atoms with Gasteiger partial charge in [-0.05, 0) is 26.3 Å². The topological polar surface area (TPSA) is 24.9 Å². The minimum Gasteiger partial charge on any atom is -0.304 e. The van der Waals surface area contributed by atoms with E-state index in [9.17, 15) is 0 Å². The average molecular weight is 246 g/mol. The highest BCUT2D eigenvalue weighted by molar-refractivity contribution is 7.09. The van der Waals surface area contributed by atoms with Crippen LogP contribution in [-0.4, -0.2) is 4.98 Å². The summed E-state index contributed by atoms with van der Waals surface area (Å²) < 4.78 is 0. The summed E-state index contributed by atoms with van der Waals surface area (Å²) in [6.07, 6.45) is 0. The Hall–Kier alpha value is -1.19. The lowest BCUT2D eigenvalue weighted by Gasteiger charge is -2.13. The average Bonchev–Trinajstić information content (AvgIpc) is 2.72. The molecule has 1 aromatic carbocycles. The highest BCUT2D eigenvalue weighted by atomic mass is 32.1. The molecular formula is C14H18N2S. The summed E-state index contributed by atoms with van der Waals surface area (Å²) in [7, 11) is 0. The molecule has 2 rings (SSSR count). The first kappa shape index (κ1) is 12.3. The van der Waals surface area contributed by atoms with Gasteiger partial charge in [0.05, 0.1) is 0 Å². The molecule has 0 saturated heterocycles. The van der Waals surface area contributed by atoms with E-state index in [1.807, 2.05) is 6.92 Å². The second-order valence-electron chi connectivity index (χ2n) is 4.40. The number of hydrogen-bond donors (Lipinski definition) is 1. The lowest BCUT2D eigenvalue weighted by molar-refractivity contribution is 0.572. The van der Waals surface area contributed by atoms with Crippen molar-refractivity contribution < 1.29 is 0 Å². The van der Waals surface area contributed by atoms with E-state index in [1.165, 1.54) is 11.1 Å². The van der Waals surface area contributed by atoms with E-state index in [2.05, 4.69) is 53.8 Å². The minimum atomic E-state index is 0.360. The molecule has 0 aliphatic carbocycles. The van der Waals surface area contributed by atoms with E-state index in [0.717, 1.165) is 17.2 Å². The third-order valence-electron chi connectivity index (χ3n) is 2.77. The van der Waals surface area contributed by atoms with Crippen molar-refractivity contribution in [1.82, 2.24) is 10.3 Å². The SMILES string of the molecule is Cc1cccc([C@H](C)NCc2nc(C)cs2)c1. The Bertz CT molecular complexity index is 490. The van der Waals surface area contributed by atoms with Crippen LogP contribution in [0.1, 0.15) is 34.8 Å². The number of aryl methyl sites for hydroxylation is 2. The number of hydrogen-bond acceptors (Lipinski definition) is 3. The van der Waals surface area contributed by atoms with Crippen molar-refractivity contribution >= 4 is 11.3 Å². The van der Waals surface area contributed by atoms with Gasteiger partial charge in [-0.25, -0.2) is 4.98 Å². The second-order valence-corrected chi connectivity index (χ2v) is 5.34. The molecule has 0 aliphatic rings. The van der Waals surface area contributed by atoms with Crippen molar-refractivity contribution in [3.63, 3.8) is 0 Å². The number of nitrogens with zero attached hydrogens (tertiary/aromatic N) is 1. The van der Waals surface area contributed by atoms with Gasteiger partial charge in [0.1, 0.15) is 5.01 Å². The van der Waals surface area contributed by atoms with Crippen molar-refractivity contribution in [2.75, 3.05) is 0 Å². The molecular weight excluding hydrogens is 228 g/mol. The second kappa shape index (κ2) is 5.43. The largest absolute Gasteiger partial charge is 0.304 e. The van der Waals surface area contributed by atoms with Crippen LogP contribution >= 0.6 is 11.3 Å². The van der Waals surface area contributed by atoms with E-state index >= 15 is 0 Å². The molecule has 3 heteroatoms. The van der Waals surface area contributed by atoms with Gasteiger partial charge in [0.2, 0.25) is 0 Å². The summed E-state index contributed by atoms with van der Waals surface area (Å²) in [6.45, 7) is 7.19. The van der Waals surface area contributed by atoms with Gasteiger partial charge in [-0.2, -0.15) is 0 Å². The molecule has 0 amide bonds. The number of aromatic nitrogens is 1. The standard InChI is InChI=1S/C14H18N2S/c1-10-5-4-6-13(7-10)12(3)15-8-14-16-11(2)9-17-14/h4-7,9,12,15H,8H2,1-3H3/t12-/m0/s1. The predicted molar refractivity (Wildman–Crippen MR) is 73.3 cm³/mol. The van der Waals surface area contributed by atoms with Gasteiger partial charge in [0.15, 0.2) is 0 Å². The molecule has 0 fully saturated rings. The predicted octanol–water partition coefficient (Wildman–Crippen LogP) is 3.61. The Balaban J connectivity index is 1.95. The van der Waals surface area contributed by atoms with Crippen molar-refractivity contribution in [3.8, 4) is 0 Å². The van der Waals surface area contributed by atoms with E-state index in [-0.39, 0.29) is 0 Å².